The Hall–Kier alpha value is -4.28. The number of aromatic carboxylic acids is 1. The SMILES string of the molecule is COc1cc2c(cc1-c1cnn(C3CCN(C(=O)OC(C)(C)C)CC3)c1)CN(C(C)C)n1cc(C(=O)O)c(=O)cc1-2. The zero-order chi connectivity index (χ0) is 29.6. The first-order valence-corrected chi connectivity index (χ1v) is 13.9. The summed E-state index contributed by atoms with van der Waals surface area (Å²) >= 11 is 0. The smallest absolute Gasteiger partial charge is 0.410 e. The van der Waals surface area contributed by atoms with E-state index in [0.29, 0.717) is 31.1 Å². The van der Waals surface area contributed by atoms with Crippen LogP contribution in [0.5, 0.6) is 5.75 Å². The quantitative estimate of drug-likeness (QED) is 0.481. The average molecular weight is 564 g/mol. The minimum Gasteiger partial charge on any atom is -0.496 e. The number of fused-ring (bicyclic) bond motifs is 3. The maximum Gasteiger partial charge on any atom is 0.410 e. The molecule has 1 amide bonds. The van der Waals surface area contributed by atoms with Gasteiger partial charge in [0, 0.05) is 54.3 Å². The van der Waals surface area contributed by atoms with Gasteiger partial charge in [0.2, 0.25) is 0 Å². The summed E-state index contributed by atoms with van der Waals surface area (Å²) in [6.07, 6.45) is 6.50. The van der Waals surface area contributed by atoms with Crippen LogP contribution in [0.4, 0.5) is 4.79 Å². The molecule has 0 bridgehead atoms. The van der Waals surface area contributed by atoms with Crippen molar-refractivity contribution >= 4 is 12.1 Å². The minimum atomic E-state index is -1.25. The van der Waals surface area contributed by atoms with E-state index in [1.165, 1.54) is 12.3 Å². The summed E-state index contributed by atoms with van der Waals surface area (Å²) in [5.41, 5.74) is 2.88. The van der Waals surface area contributed by atoms with E-state index in [0.717, 1.165) is 35.1 Å². The molecule has 0 saturated carbocycles. The van der Waals surface area contributed by atoms with E-state index in [4.69, 9.17) is 9.47 Å². The zero-order valence-corrected chi connectivity index (χ0v) is 24.4. The van der Waals surface area contributed by atoms with Crippen LogP contribution < -0.4 is 15.2 Å². The predicted octanol–water partition coefficient (Wildman–Crippen LogP) is 4.52. The molecule has 3 aromatic rings. The highest BCUT2D eigenvalue weighted by atomic mass is 16.6. The highest BCUT2D eigenvalue weighted by Gasteiger charge is 2.30. The summed E-state index contributed by atoms with van der Waals surface area (Å²) in [4.78, 5) is 38.5. The molecule has 2 aliphatic heterocycles. The number of ether oxygens (including phenoxy) is 2. The van der Waals surface area contributed by atoms with Crippen LogP contribution in [0.3, 0.4) is 0 Å². The van der Waals surface area contributed by atoms with Gasteiger partial charge in [-0.05, 0) is 65.2 Å². The van der Waals surface area contributed by atoms with Crippen molar-refractivity contribution in [3.8, 4) is 28.1 Å². The first-order chi connectivity index (χ1) is 19.4. The summed E-state index contributed by atoms with van der Waals surface area (Å²) in [6.45, 7) is 11.4. The largest absolute Gasteiger partial charge is 0.496 e. The van der Waals surface area contributed by atoms with Gasteiger partial charge < -0.3 is 24.5 Å². The van der Waals surface area contributed by atoms with Crippen molar-refractivity contribution in [2.45, 2.75) is 71.7 Å². The van der Waals surface area contributed by atoms with Gasteiger partial charge in [0.15, 0.2) is 5.43 Å². The number of benzene rings is 1. The molecule has 1 saturated heterocycles. The number of carboxylic acid groups (broad SMARTS) is 1. The highest BCUT2D eigenvalue weighted by molar-refractivity contribution is 5.88. The third-order valence-electron chi connectivity index (χ3n) is 7.57. The van der Waals surface area contributed by atoms with E-state index < -0.39 is 17.0 Å². The van der Waals surface area contributed by atoms with E-state index in [-0.39, 0.29) is 23.7 Å². The molecular weight excluding hydrogens is 526 g/mol. The Morgan fingerprint density at radius 3 is 2.39 bits per heavy atom. The molecule has 41 heavy (non-hydrogen) atoms. The van der Waals surface area contributed by atoms with Gasteiger partial charge in [-0.15, -0.1) is 0 Å². The molecule has 1 N–H and O–H groups in total. The number of carbonyl (C=O) groups excluding carboxylic acids is 1. The number of rotatable bonds is 5. The number of piperidine rings is 1. The highest BCUT2D eigenvalue weighted by Crippen LogP contribution is 2.40. The first kappa shape index (κ1) is 28.3. The van der Waals surface area contributed by atoms with E-state index >= 15 is 0 Å². The molecular formula is C30H37N5O6. The summed E-state index contributed by atoms with van der Waals surface area (Å²) in [7, 11) is 1.60. The molecule has 4 heterocycles. The molecule has 0 radical (unpaired) electrons. The molecule has 11 nitrogen and oxygen atoms in total. The van der Waals surface area contributed by atoms with Gasteiger partial charge in [-0.1, -0.05) is 0 Å². The number of pyridine rings is 1. The number of aromatic nitrogens is 3. The molecule has 0 spiro atoms. The Kier molecular flexibility index (Phi) is 7.31. The van der Waals surface area contributed by atoms with Crippen LogP contribution in [0.1, 0.15) is 69.4 Å². The second-order valence-electron chi connectivity index (χ2n) is 11.9. The Morgan fingerprint density at radius 1 is 1.07 bits per heavy atom. The number of nitrogens with zero attached hydrogens (tertiary/aromatic N) is 5. The third kappa shape index (κ3) is 5.53. The Labute approximate surface area is 238 Å². The van der Waals surface area contributed by atoms with Gasteiger partial charge in [0.05, 0.1) is 31.6 Å². The van der Waals surface area contributed by atoms with E-state index in [1.807, 2.05) is 62.8 Å². The molecule has 5 rings (SSSR count). The van der Waals surface area contributed by atoms with E-state index in [2.05, 4.69) is 11.2 Å². The Balaban J connectivity index is 1.44. The summed E-state index contributed by atoms with van der Waals surface area (Å²) in [5, 5.41) is 16.2. The molecule has 0 atom stereocenters. The summed E-state index contributed by atoms with van der Waals surface area (Å²) in [6, 6.07) is 5.56. The van der Waals surface area contributed by atoms with E-state index in [9.17, 15) is 19.5 Å². The molecule has 218 valence electrons. The van der Waals surface area contributed by atoms with Crippen molar-refractivity contribution in [1.82, 2.24) is 19.4 Å². The molecule has 11 heteroatoms. The normalized spacial score (nSPS) is 15.5. The lowest BCUT2D eigenvalue weighted by molar-refractivity contribution is 0.0184. The molecule has 1 fully saturated rings. The van der Waals surface area contributed by atoms with E-state index in [1.54, 1.807) is 16.7 Å². The first-order valence-electron chi connectivity index (χ1n) is 13.9. The number of amides is 1. The molecule has 1 aromatic carbocycles. The van der Waals surface area contributed by atoms with Crippen molar-refractivity contribution in [2.75, 3.05) is 25.2 Å². The van der Waals surface area contributed by atoms with Gasteiger partial charge in [-0.3, -0.25) is 14.2 Å². The fraction of sp³-hybridized carbons (Fsp3) is 0.467. The molecule has 0 unspecified atom stereocenters. The lowest BCUT2D eigenvalue weighted by atomic mass is 9.95. The number of carbonyl (C=O) groups is 2. The summed E-state index contributed by atoms with van der Waals surface area (Å²) < 4.78 is 15.0. The van der Waals surface area contributed by atoms with Crippen LogP contribution in [-0.2, 0) is 11.3 Å². The lowest BCUT2D eigenvalue weighted by Gasteiger charge is -2.38. The van der Waals surface area contributed by atoms with Crippen LogP contribution in [0.15, 0.2) is 41.6 Å². The van der Waals surface area contributed by atoms with Gasteiger partial charge in [0.1, 0.15) is 16.9 Å². The maximum atomic E-state index is 12.6. The Morgan fingerprint density at radius 2 is 1.78 bits per heavy atom. The Bertz CT molecular complexity index is 1540. The molecule has 0 aliphatic carbocycles. The second kappa shape index (κ2) is 10.6. The van der Waals surface area contributed by atoms with Crippen molar-refractivity contribution in [3.05, 3.63) is 58.1 Å². The van der Waals surface area contributed by atoms with Gasteiger partial charge in [0.25, 0.3) is 0 Å². The van der Waals surface area contributed by atoms with Gasteiger partial charge >= 0.3 is 12.1 Å². The monoisotopic (exact) mass is 563 g/mol. The van der Waals surface area contributed by atoms with Crippen LogP contribution in [-0.4, -0.2) is 68.4 Å². The molecule has 2 aliphatic rings. The number of hydrogen-bond acceptors (Lipinski definition) is 7. The van der Waals surface area contributed by atoms with Crippen molar-refractivity contribution in [2.24, 2.45) is 0 Å². The number of carboxylic acids is 1. The van der Waals surface area contributed by atoms with Crippen LogP contribution >= 0.6 is 0 Å². The van der Waals surface area contributed by atoms with Gasteiger partial charge in [-0.2, -0.15) is 5.10 Å². The van der Waals surface area contributed by atoms with Crippen LogP contribution in [0.25, 0.3) is 22.4 Å². The molecule has 2 aromatic heterocycles. The lowest BCUT2D eigenvalue weighted by Crippen LogP contribution is -2.44. The topological polar surface area (TPSA) is 119 Å². The van der Waals surface area contributed by atoms with Gasteiger partial charge in [-0.25, -0.2) is 9.59 Å². The zero-order valence-electron chi connectivity index (χ0n) is 24.4. The minimum absolute atomic E-state index is 0.0471. The fourth-order valence-corrected chi connectivity index (χ4v) is 5.48. The third-order valence-corrected chi connectivity index (χ3v) is 7.57. The number of likely N-dealkylation sites (tertiary alicyclic amines) is 1. The maximum absolute atomic E-state index is 12.6. The number of hydrogen-bond donors (Lipinski definition) is 1. The number of methoxy groups -OCH3 is 1. The van der Waals surface area contributed by atoms with Crippen LogP contribution in [0, 0.1) is 0 Å². The van der Waals surface area contributed by atoms with Crippen molar-refractivity contribution < 1.29 is 24.2 Å². The predicted molar refractivity (Wildman–Crippen MR) is 154 cm³/mol. The fourth-order valence-electron chi connectivity index (χ4n) is 5.48. The second-order valence-corrected chi connectivity index (χ2v) is 11.9. The van der Waals surface area contributed by atoms with Crippen molar-refractivity contribution in [3.63, 3.8) is 0 Å². The standard InChI is InChI=1S/C30H37N5O6/c1-18(2)34-16-19-11-23(27(40-6)12-22(19)25-13-26(36)24(28(37)38)17-35(25)34)20-14-31-33(15-20)21-7-9-32(10-8-21)29(39)41-30(3,4)5/h11-15,17-18,21H,7-10,16H2,1-6H3,(H,37,38). The van der Waals surface area contributed by atoms with Crippen molar-refractivity contribution in [1.29, 1.82) is 0 Å². The summed E-state index contributed by atoms with van der Waals surface area (Å²) in [5.74, 6) is -0.623. The van der Waals surface area contributed by atoms with Crippen LogP contribution in [0.2, 0.25) is 0 Å². The average Bonchev–Trinajstić information content (AvgIpc) is 3.40.